The van der Waals surface area contributed by atoms with Crippen LogP contribution in [0.3, 0.4) is 0 Å². The summed E-state index contributed by atoms with van der Waals surface area (Å²) in [5.74, 6) is -0.833. The summed E-state index contributed by atoms with van der Waals surface area (Å²) in [6.45, 7) is 1.08. The number of carboxylic acid groups (broad SMARTS) is 1. The molecule has 1 atom stereocenters. The van der Waals surface area contributed by atoms with Crippen LogP contribution in [0.1, 0.15) is 6.92 Å². The monoisotopic (exact) mass is 227 g/mol. The molecule has 0 rings (SSSR count). The molecule has 0 saturated heterocycles. The van der Waals surface area contributed by atoms with Crippen LogP contribution < -0.4 is 5.09 Å². The van der Waals surface area contributed by atoms with Crippen LogP contribution in [0.2, 0.25) is 0 Å². The summed E-state index contributed by atoms with van der Waals surface area (Å²) in [6, 6.07) is 0. The van der Waals surface area contributed by atoms with E-state index in [0.29, 0.717) is 0 Å². The van der Waals surface area contributed by atoms with E-state index in [9.17, 15) is 0 Å². The van der Waals surface area contributed by atoms with E-state index in [1.807, 2.05) is 7.05 Å². The molecule has 0 fully saturated rings. The molecule has 0 spiro atoms. The molecule has 0 aromatic rings. The van der Waals surface area contributed by atoms with Gasteiger partial charge in [-0.2, -0.15) is 0 Å². The second-order valence-corrected chi connectivity index (χ2v) is 1.39. The van der Waals surface area contributed by atoms with E-state index in [0.717, 1.165) is 6.92 Å². The summed E-state index contributed by atoms with van der Waals surface area (Å²) in [5.41, 5.74) is 0. The smallest absolute Gasteiger partial charge is 0.300 e. The fourth-order valence-corrected chi connectivity index (χ4v) is 0. The molecular formula is C4H13NO2PY-. The second-order valence-electron chi connectivity index (χ2n) is 0.808. The van der Waals surface area contributed by atoms with E-state index in [4.69, 9.17) is 9.90 Å². The molecule has 0 amide bonds. The van der Waals surface area contributed by atoms with Gasteiger partial charge in [0.05, 0.1) is 0 Å². The Balaban J connectivity index is -0.0000000233. The van der Waals surface area contributed by atoms with Crippen molar-refractivity contribution in [2.75, 3.05) is 7.05 Å². The fourth-order valence-electron chi connectivity index (χ4n) is 0. The van der Waals surface area contributed by atoms with Crippen molar-refractivity contribution in [3.63, 3.8) is 0 Å². The molecule has 5 heteroatoms. The molecular weight excluding hydrogens is 214 g/mol. The minimum absolute atomic E-state index is 0. The Bertz CT molecular complexity index is 49.8. The topological polar surface area (TPSA) is 49.3 Å². The maximum absolute atomic E-state index is 9.00. The number of aliphatic carboxylic acids is 1. The van der Waals surface area contributed by atoms with Crippen LogP contribution in [0.5, 0.6) is 0 Å². The van der Waals surface area contributed by atoms with Gasteiger partial charge in [-0.1, -0.05) is 9.39 Å². The van der Waals surface area contributed by atoms with E-state index < -0.39 is 5.97 Å². The number of hydrogen-bond acceptors (Lipinski definition) is 2. The van der Waals surface area contributed by atoms with Crippen LogP contribution in [-0.2, 0) is 37.5 Å². The van der Waals surface area contributed by atoms with E-state index in [-0.39, 0.29) is 40.1 Å². The number of nitrogens with one attached hydrogen (secondary N) is 1. The third-order valence-electron chi connectivity index (χ3n) is 0. The maximum Gasteiger partial charge on any atom is 0.300 e. The molecule has 0 heterocycles. The molecule has 1 radical (unpaired) electrons. The van der Waals surface area contributed by atoms with Gasteiger partial charge >= 0.3 is 0 Å². The Morgan fingerprint density at radius 2 is 1.67 bits per heavy atom. The molecule has 55 valence electrons. The van der Waals surface area contributed by atoms with E-state index in [1.165, 1.54) is 0 Å². The van der Waals surface area contributed by atoms with Crippen molar-refractivity contribution in [2.45, 2.75) is 6.92 Å². The summed E-state index contributed by atoms with van der Waals surface area (Å²) in [7, 11) is 4.17. The van der Waals surface area contributed by atoms with Gasteiger partial charge in [0.2, 0.25) is 0 Å². The van der Waals surface area contributed by atoms with Gasteiger partial charge in [-0.3, -0.25) is 4.79 Å². The predicted octanol–water partition coefficient (Wildman–Crippen LogP) is 0.535. The molecule has 3 nitrogen and oxygen atoms in total. The number of carbonyl (C=O) groups is 1. The van der Waals surface area contributed by atoms with Crippen molar-refractivity contribution in [3.8, 4) is 0 Å². The summed E-state index contributed by atoms with van der Waals surface area (Å²) >= 11 is 0. The maximum atomic E-state index is 9.00. The molecule has 0 aliphatic carbocycles. The summed E-state index contributed by atoms with van der Waals surface area (Å²) in [6.07, 6.45) is 0. The quantitative estimate of drug-likeness (QED) is 0.469. The van der Waals surface area contributed by atoms with Crippen LogP contribution in [0.25, 0.3) is 0 Å². The van der Waals surface area contributed by atoms with Crippen molar-refractivity contribution in [3.05, 3.63) is 7.43 Å². The molecule has 0 aromatic heterocycles. The normalized spacial score (nSPS) is 4.78. The molecule has 0 aliphatic rings. The van der Waals surface area contributed by atoms with E-state index in [1.54, 1.807) is 0 Å². The minimum atomic E-state index is -0.833. The zero-order chi connectivity index (χ0) is 6.28. The van der Waals surface area contributed by atoms with Crippen molar-refractivity contribution in [2.24, 2.45) is 0 Å². The van der Waals surface area contributed by atoms with Gasteiger partial charge in [-0.25, -0.2) is 0 Å². The SMILES string of the molecule is CC(=O)O.CNP.[CH3-].[Y]. The van der Waals surface area contributed by atoms with Crippen molar-refractivity contribution in [1.29, 1.82) is 0 Å². The minimum Gasteiger partial charge on any atom is -0.481 e. The molecule has 9 heavy (non-hydrogen) atoms. The predicted molar refractivity (Wildman–Crippen MR) is 38.5 cm³/mol. The van der Waals surface area contributed by atoms with Crippen LogP contribution in [0.15, 0.2) is 0 Å². The summed E-state index contributed by atoms with van der Waals surface area (Å²) in [4.78, 5) is 9.00. The van der Waals surface area contributed by atoms with Crippen LogP contribution in [0.4, 0.5) is 0 Å². The molecule has 2 N–H and O–H groups in total. The van der Waals surface area contributed by atoms with Crippen molar-refractivity contribution in [1.82, 2.24) is 5.09 Å². The molecule has 0 saturated carbocycles. The second kappa shape index (κ2) is 23.1. The third-order valence-corrected chi connectivity index (χ3v) is 0. The molecule has 0 aliphatic heterocycles. The Kier molecular flexibility index (Phi) is 57.7. The van der Waals surface area contributed by atoms with Crippen LogP contribution in [0, 0.1) is 7.43 Å². The fraction of sp³-hybridized carbons (Fsp3) is 0.500. The van der Waals surface area contributed by atoms with Gasteiger partial charge in [0.15, 0.2) is 0 Å². The molecule has 0 bridgehead atoms. The summed E-state index contributed by atoms with van der Waals surface area (Å²) < 4.78 is 0. The number of rotatable bonds is 0. The van der Waals surface area contributed by atoms with Gasteiger partial charge in [-0.15, -0.1) is 0 Å². The Labute approximate surface area is 84.1 Å². The Morgan fingerprint density at radius 3 is 1.67 bits per heavy atom. The summed E-state index contributed by atoms with van der Waals surface area (Å²) in [5, 5.41) is 10.1. The standard InChI is InChI=1S/C2H4O2.CH6NP.CH3.Y/c1-2(3)4;1-2-3;;/h1H3,(H,3,4);2H,3H2,1H3;1H3;/q;;-1;. The Morgan fingerprint density at radius 1 is 1.67 bits per heavy atom. The molecule has 0 aromatic carbocycles. The molecule has 1 unspecified atom stereocenters. The first-order valence-corrected chi connectivity index (χ1v) is 2.29. The first kappa shape index (κ1) is 22.5. The number of hydrogen-bond donors (Lipinski definition) is 2. The van der Waals surface area contributed by atoms with Gasteiger partial charge in [0.1, 0.15) is 0 Å². The zero-order valence-electron chi connectivity index (χ0n) is 6.01. The van der Waals surface area contributed by atoms with Gasteiger partial charge in [0.25, 0.3) is 5.97 Å². The van der Waals surface area contributed by atoms with E-state index >= 15 is 0 Å². The van der Waals surface area contributed by atoms with Crippen molar-refractivity contribution < 1.29 is 42.6 Å². The van der Waals surface area contributed by atoms with E-state index in [2.05, 4.69) is 14.5 Å². The first-order chi connectivity index (χ1) is 3.15. The van der Waals surface area contributed by atoms with Crippen LogP contribution >= 0.6 is 9.39 Å². The third kappa shape index (κ3) is 468. The van der Waals surface area contributed by atoms with Crippen LogP contribution in [-0.4, -0.2) is 18.1 Å². The number of carboxylic acids is 1. The Hall–Kier alpha value is 0.964. The van der Waals surface area contributed by atoms with Gasteiger partial charge in [0, 0.05) is 39.6 Å². The van der Waals surface area contributed by atoms with Crippen molar-refractivity contribution >= 4 is 15.4 Å². The average molecular weight is 227 g/mol. The van der Waals surface area contributed by atoms with Gasteiger partial charge in [-0.05, 0) is 7.05 Å². The zero-order valence-corrected chi connectivity index (χ0v) is 10.0. The average Bonchev–Trinajstić information content (AvgIpc) is 1.33. The van der Waals surface area contributed by atoms with Gasteiger partial charge < -0.3 is 17.6 Å². The first-order valence-electron chi connectivity index (χ1n) is 1.72. The largest absolute Gasteiger partial charge is 0.481 e.